The Bertz CT molecular complexity index is 1420. The summed E-state index contributed by atoms with van der Waals surface area (Å²) >= 11 is 6.22. The molecule has 3 aromatic carbocycles. The van der Waals surface area contributed by atoms with Gasteiger partial charge in [0.1, 0.15) is 5.82 Å². The molecule has 0 bridgehead atoms. The summed E-state index contributed by atoms with van der Waals surface area (Å²) < 4.78 is 27.8. The van der Waals surface area contributed by atoms with Crippen LogP contribution in [0.25, 0.3) is 11.3 Å². The lowest BCUT2D eigenvalue weighted by Crippen LogP contribution is -2.29. The van der Waals surface area contributed by atoms with Crippen LogP contribution < -0.4 is 9.62 Å². The van der Waals surface area contributed by atoms with Crippen LogP contribution in [0.15, 0.2) is 84.9 Å². The van der Waals surface area contributed by atoms with Crippen molar-refractivity contribution in [3.05, 3.63) is 101 Å². The van der Waals surface area contributed by atoms with E-state index in [2.05, 4.69) is 10.4 Å². The lowest BCUT2D eigenvalue weighted by Gasteiger charge is -2.23. The first-order valence-corrected chi connectivity index (χ1v) is 12.7. The molecular formula is C25H23ClN4O3S. The standard InChI is InChI=1S/C25H23ClN4O3S/c1-29-24(16-23(28-29)18-8-4-3-5-9-18)27-25(31)19-12-14-21(15-13-19)30(34(2,32)33)17-20-10-6-7-11-22(20)26/h3-16H,17H2,1-2H3,(H,27,31). The molecule has 9 heteroatoms. The van der Waals surface area contributed by atoms with Crippen molar-refractivity contribution in [2.45, 2.75) is 6.54 Å². The SMILES string of the molecule is Cn1nc(-c2ccccc2)cc1NC(=O)c1ccc(N(Cc2ccccc2Cl)S(C)(=O)=O)cc1. The zero-order valence-electron chi connectivity index (χ0n) is 18.6. The van der Waals surface area contributed by atoms with E-state index in [1.165, 1.54) is 4.31 Å². The molecule has 1 amide bonds. The van der Waals surface area contributed by atoms with Gasteiger partial charge in [0.05, 0.1) is 24.2 Å². The van der Waals surface area contributed by atoms with Crippen LogP contribution >= 0.6 is 11.6 Å². The number of hydrogen-bond acceptors (Lipinski definition) is 4. The molecular weight excluding hydrogens is 472 g/mol. The van der Waals surface area contributed by atoms with Crippen molar-refractivity contribution in [3.63, 3.8) is 0 Å². The molecule has 0 aliphatic heterocycles. The Balaban J connectivity index is 1.53. The fraction of sp³-hybridized carbons (Fsp3) is 0.120. The maximum Gasteiger partial charge on any atom is 0.256 e. The van der Waals surface area contributed by atoms with Crippen molar-refractivity contribution in [3.8, 4) is 11.3 Å². The quantitative estimate of drug-likeness (QED) is 0.393. The molecule has 1 heterocycles. The Hall–Kier alpha value is -3.62. The monoisotopic (exact) mass is 494 g/mol. The van der Waals surface area contributed by atoms with Crippen molar-refractivity contribution < 1.29 is 13.2 Å². The minimum Gasteiger partial charge on any atom is -0.307 e. The minimum absolute atomic E-state index is 0.0847. The first-order chi connectivity index (χ1) is 16.2. The van der Waals surface area contributed by atoms with Gasteiger partial charge in [0.15, 0.2) is 0 Å². The molecule has 34 heavy (non-hydrogen) atoms. The third kappa shape index (κ3) is 5.30. The predicted molar refractivity (Wildman–Crippen MR) is 136 cm³/mol. The first kappa shape index (κ1) is 23.5. The van der Waals surface area contributed by atoms with E-state index >= 15 is 0 Å². The molecule has 0 fully saturated rings. The van der Waals surface area contributed by atoms with E-state index in [-0.39, 0.29) is 12.5 Å². The fourth-order valence-corrected chi connectivity index (χ4v) is 4.56. The van der Waals surface area contributed by atoms with Gasteiger partial charge in [-0.1, -0.05) is 60.1 Å². The van der Waals surface area contributed by atoms with Crippen LogP contribution in [0.5, 0.6) is 0 Å². The summed E-state index contributed by atoms with van der Waals surface area (Å²) in [5.74, 6) is 0.218. The molecule has 174 valence electrons. The number of nitrogens with zero attached hydrogens (tertiary/aromatic N) is 3. The number of hydrogen-bond donors (Lipinski definition) is 1. The molecule has 0 aliphatic rings. The number of sulfonamides is 1. The third-order valence-electron chi connectivity index (χ3n) is 5.28. The van der Waals surface area contributed by atoms with Crippen LogP contribution in [-0.2, 0) is 23.6 Å². The molecule has 4 rings (SSSR count). The molecule has 0 saturated carbocycles. The highest BCUT2D eigenvalue weighted by atomic mass is 35.5. The third-order valence-corrected chi connectivity index (χ3v) is 6.79. The van der Waals surface area contributed by atoms with Gasteiger partial charge in [-0.15, -0.1) is 0 Å². The first-order valence-electron chi connectivity index (χ1n) is 10.4. The molecule has 0 radical (unpaired) electrons. The molecule has 7 nitrogen and oxygen atoms in total. The van der Waals surface area contributed by atoms with Crippen LogP contribution in [-0.4, -0.2) is 30.4 Å². The molecule has 4 aromatic rings. The molecule has 0 spiro atoms. The molecule has 0 aliphatic carbocycles. The van der Waals surface area contributed by atoms with E-state index in [1.807, 2.05) is 30.3 Å². The second-order valence-corrected chi connectivity index (χ2v) is 10.1. The van der Waals surface area contributed by atoms with E-state index in [1.54, 1.807) is 66.3 Å². The summed E-state index contributed by atoms with van der Waals surface area (Å²) in [5.41, 5.74) is 3.20. The van der Waals surface area contributed by atoms with Crippen molar-refractivity contribution >= 4 is 39.0 Å². The number of aromatic nitrogens is 2. The smallest absolute Gasteiger partial charge is 0.256 e. The Morgan fingerprint density at radius 3 is 2.29 bits per heavy atom. The van der Waals surface area contributed by atoms with E-state index < -0.39 is 10.0 Å². The van der Waals surface area contributed by atoms with Crippen LogP contribution in [0.2, 0.25) is 5.02 Å². The van der Waals surface area contributed by atoms with Gasteiger partial charge in [-0.2, -0.15) is 5.10 Å². The van der Waals surface area contributed by atoms with Crippen LogP contribution in [0.3, 0.4) is 0 Å². The van der Waals surface area contributed by atoms with Crippen molar-refractivity contribution in [1.29, 1.82) is 0 Å². The van der Waals surface area contributed by atoms with Gasteiger partial charge < -0.3 is 5.32 Å². The van der Waals surface area contributed by atoms with Crippen LogP contribution in [0, 0.1) is 0 Å². The van der Waals surface area contributed by atoms with E-state index in [9.17, 15) is 13.2 Å². The average Bonchev–Trinajstić information content (AvgIpc) is 3.18. The number of aryl methyl sites for hydroxylation is 1. The maximum absolute atomic E-state index is 12.8. The van der Waals surface area contributed by atoms with Crippen molar-refractivity contribution in [1.82, 2.24) is 9.78 Å². The lowest BCUT2D eigenvalue weighted by molar-refractivity contribution is 0.102. The highest BCUT2D eigenvalue weighted by molar-refractivity contribution is 7.92. The van der Waals surface area contributed by atoms with Gasteiger partial charge >= 0.3 is 0 Å². The highest BCUT2D eigenvalue weighted by Gasteiger charge is 2.20. The summed E-state index contributed by atoms with van der Waals surface area (Å²) in [6, 6.07) is 24.9. The number of carbonyl (C=O) groups excluding carboxylic acids is 1. The second-order valence-electron chi connectivity index (χ2n) is 7.77. The number of anilines is 2. The molecule has 1 aromatic heterocycles. The summed E-state index contributed by atoms with van der Waals surface area (Å²) in [5, 5.41) is 7.80. The van der Waals surface area contributed by atoms with E-state index in [4.69, 9.17) is 11.6 Å². The largest absolute Gasteiger partial charge is 0.307 e. The van der Waals surface area contributed by atoms with Gasteiger partial charge in [-0.25, -0.2) is 8.42 Å². The number of rotatable bonds is 7. The zero-order valence-corrected chi connectivity index (χ0v) is 20.2. The zero-order chi connectivity index (χ0) is 24.3. The van der Waals surface area contributed by atoms with Crippen molar-refractivity contribution in [2.75, 3.05) is 15.9 Å². The van der Waals surface area contributed by atoms with Gasteiger partial charge in [-0.3, -0.25) is 13.8 Å². The average molecular weight is 495 g/mol. The fourth-order valence-electron chi connectivity index (χ4n) is 3.48. The van der Waals surface area contributed by atoms with Gasteiger partial charge in [0.25, 0.3) is 5.91 Å². The van der Waals surface area contributed by atoms with Gasteiger partial charge in [0, 0.05) is 29.3 Å². The summed E-state index contributed by atoms with van der Waals surface area (Å²) in [6.07, 6.45) is 1.14. The van der Waals surface area contributed by atoms with Gasteiger partial charge in [0.2, 0.25) is 10.0 Å². The van der Waals surface area contributed by atoms with Gasteiger partial charge in [-0.05, 0) is 35.9 Å². The summed E-state index contributed by atoms with van der Waals surface area (Å²) in [6.45, 7) is 0.0847. The Kier molecular flexibility index (Phi) is 6.72. The predicted octanol–water partition coefficient (Wildman–Crippen LogP) is 4.96. The number of amides is 1. The minimum atomic E-state index is -3.58. The Labute approximate surface area is 203 Å². The Morgan fingerprint density at radius 1 is 1.00 bits per heavy atom. The molecule has 1 N–H and O–H groups in total. The summed E-state index contributed by atoms with van der Waals surface area (Å²) in [7, 11) is -1.83. The number of nitrogens with one attached hydrogen (secondary N) is 1. The number of halogens is 1. The summed E-state index contributed by atoms with van der Waals surface area (Å²) in [4.78, 5) is 12.8. The van der Waals surface area contributed by atoms with Crippen LogP contribution in [0.4, 0.5) is 11.5 Å². The lowest BCUT2D eigenvalue weighted by atomic mass is 10.1. The Morgan fingerprint density at radius 2 is 1.65 bits per heavy atom. The maximum atomic E-state index is 12.8. The van der Waals surface area contributed by atoms with Crippen LogP contribution in [0.1, 0.15) is 15.9 Å². The number of carbonyl (C=O) groups is 1. The van der Waals surface area contributed by atoms with E-state index in [0.717, 1.165) is 17.5 Å². The number of benzene rings is 3. The molecule has 0 atom stereocenters. The normalized spacial score (nSPS) is 11.3. The highest BCUT2D eigenvalue weighted by Crippen LogP contribution is 2.25. The second kappa shape index (κ2) is 9.70. The molecule has 0 saturated heterocycles. The molecule has 0 unspecified atom stereocenters. The topological polar surface area (TPSA) is 84.3 Å². The van der Waals surface area contributed by atoms with Crippen molar-refractivity contribution in [2.24, 2.45) is 7.05 Å². The van der Waals surface area contributed by atoms with E-state index in [0.29, 0.717) is 27.7 Å².